The van der Waals surface area contributed by atoms with Crippen LogP contribution in [0.3, 0.4) is 0 Å². The molecule has 0 radical (unpaired) electrons. The number of amides is 1. The molecule has 3 heterocycles. The van der Waals surface area contributed by atoms with Crippen LogP contribution in [0.4, 0.5) is 15.9 Å². The molecular formula is C24H25FN4O2. The zero-order chi connectivity index (χ0) is 21.4. The van der Waals surface area contributed by atoms with Crippen LogP contribution in [0.1, 0.15) is 24.2 Å². The van der Waals surface area contributed by atoms with E-state index in [1.807, 2.05) is 24.0 Å². The van der Waals surface area contributed by atoms with E-state index in [4.69, 9.17) is 9.72 Å². The fourth-order valence-electron chi connectivity index (χ4n) is 4.20. The van der Waals surface area contributed by atoms with Crippen LogP contribution in [-0.4, -0.2) is 39.6 Å². The molecule has 1 fully saturated rings. The molecule has 3 aromatic rings. The fourth-order valence-corrected chi connectivity index (χ4v) is 4.20. The van der Waals surface area contributed by atoms with Crippen LogP contribution >= 0.6 is 0 Å². The summed E-state index contributed by atoms with van der Waals surface area (Å²) in [5.74, 6) is 1.43. The minimum absolute atomic E-state index is 0.0446. The van der Waals surface area contributed by atoms with Gasteiger partial charge in [-0.05, 0) is 56.2 Å². The van der Waals surface area contributed by atoms with Crippen molar-refractivity contribution >= 4 is 17.4 Å². The van der Waals surface area contributed by atoms with Gasteiger partial charge >= 0.3 is 0 Å². The highest BCUT2D eigenvalue weighted by molar-refractivity contribution is 5.82. The molecule has 31 heavy (non-hydrogen) atoms. The summed E-state index contributed by atoms with van der Waals surface area (Å²) in [4.78, 5) is 19.5. The number of aryl methyl sites for hydroxylation is 1. The van der Waals surface area contributed by atoms with Crippen LogP contribution in [0.25, 0.3) is 11.3 Å². The van der Waals surface area contributed by atoms with Crippen LogP contribution in [0.15, 0.2) is 48.5 Å². The van der Waals surface area contributed by atoms with Gasteiger partial charge in [-0.15, -0.1) is 0 Å². The van der Waals surface area contributed by atoms with E-state index in [-0.39, 0.29) is 17.8 Å². The highest BCUT2D eigenvalue weighted by atomic mass is 19.1. The standard InChI is InChI=1S/C24H25FN4O2/c1-16-4-10-19(11-5-16)26-23-22(17-6-8-18(25)9-7-17)27-21-15-28(12-13-29(21)23)24(30)20-3-2-14-31-20/h4-11,20,26H,2-3,12-15H2,1H3/t20-/m0/s1. The second kappa shape index (κ2) is 8.15. The number of nitrogens with one attached hydrogen (secondary N) is 1. The van der Waals surface area contributed by atoms with Gasteiger partial charge in [0.05, 0.1) is 6.54 Å². The van der Waals surface area contributed by atoms with Gasteiger partial charge in [-0.1, -0.05) is 17.7 Å². The number of anilines is 2. The van der Waals surface area contributed by atoms with Gasteiger partial charge in [-0.3, -0.25) is 4.79 Å². The highest BCUT2D eigenvalue weighted by Crippen LogP contribution is 2.33. The van der Waals surface area contributed by atoms with Crippen LogP contribution in [0.2, 0.25) is 0 Å². The zero-order valence-electron chi connectivity index (χ0n) is 17.5. The summed E-state index contributed by atoms with van der Waals surface area (Å²) in [6, 6.07) is 14.5. The van der Waals surface area contributed by atoms with Crippen LogP contribution < -0.4 is 5.32 Å². The third kappa shape index (κ3) is 3.93. The SMILES string of the molecule is Cc1ccc(Nc2c(-c3ccc(F)cc3)nc3n2CCN(C(=O)[C@@H]2CCCO2)C3)cc1. The number of carbonyl (C=O) groups is 1. The third-order valence-corrected chi connectivity index (χ3v) is 5.92. The topological polar surface area (TPSA) is 59.4 Å². The molecular weight excluding hydrogens is 395 g/mol. The Kier molecular flexibility index (Phi) is 5.19. The molecule has 2 aliphatic heterocycles. The van der Waals surface area contributed by atoms with Crippen molar-refractivity contribution < 1.29 is 13.9 Å². The second-order valence-electron chi connectivity index (χ2n) is 8.14. The highest BCUT2D eigenvalue weighted by Gasteiger charge is 2.32. The van der Waals surface area contributed by atoms with Crippen molar-refractivity contribution in [3.8, 4) is 11.3 Å². The van der Waals surface area contributed by atoms with Gasteiger partial charge in [-0.2, -0.15) is 0 Å². The normalized spacial score (nSPS) is 18.1. The van der Waals surface area contributed by atoms with Crippen LogP contribution in [0, 0.1) is 12.7 Å². The van der Waals surface area contributed by atoms with Gasteiger partial charge in [0.15, 0.2) is 0 Å². The molecule has 7 heteroatoms. The first-order chi connectivity index (χ1) is 15.1. The smallest absolute Gasteiger partial charge is 0.252 e. The summed E-state index contributed by atoms with van der Waals surface area (Å²) in [7, 11) is 0. The van der Waals surface area contributed by atoms with E-state index in [1.54, 1.807) is 12.1 Å². The third-order valence-electron chi connectivity index (χ3n) is 5.92. The Balaban J connectivity index is 1.49. The molecule has 0 unspecified atom stereocenters. The molecule has 1 N–H and O–H groups in total. The van der Waals surface area contributed by atoms with Gasteiger partial charge in [0, 0.05) is 30.9 Å². The van der Waals surface area contributed by atoms with E-state index in [2.05, 4.69) is 22.0 Å². The molecule has 0 spiro atoms. The zero-order valence-corrected chi connectivity index (χ0v) is 17.5. The summed E-state index contributed by atoms with van der Waals surface area (Å²) in [5, 5.41) is 3.50. The predicted molar refractivity (Wildman–Crippen MR) is 116 cm³/mol. The van der Waals surface area contributed by atoms with Crippen molar-refractivity contribution in [1.82, 2.24) is 14.5 Å². The molecule has 1 saturated heterocycles. The summed E-state index contributed by atoms with van der Waals surface area (Å²) < 4.78 is 21.2. The van der Waals surface area contributed by atoms with E-state index in [0.717, 1.165) is 41.4 Å². The monoisotopic (exact) mass is 420 g/mol. The largest absolute Gasteiger partial charge is 0.368 e. The van der Waals surface area contributed by atoms with Crippen molar-refractivity contribution in [3.63, 3.8) is 0 Å². The number of ether oxygens (including phenoxy) is 1. The number of halogens is 1. The number of carbonyl (C=O) groups excluding carboxylic acids is 1. The minimum atomic E-state index is -0.330. The first-order valence-electron chi connectivity index (χ1n) is 10.7. The Hall–Kier alpha value is -3.19. The molecule has 1 atom stereocenters. The number of fused-ring (bicyclic) bond motifs is 1. The predicted octanol–water partition coefficient (Wildman–Crippen LogP) is 4.26. The maximum atomic E-state index is 13.5. The number of rotatable bonds is 4. The van der Waals surface area contributed by atoms with Gasteiger partial charge in [-0.25, -0.2) is 9.37 Å². The van der Waals surface area contributed by atoms with Gasteiger partial charge in [0.25, 0.3) is 5.91 Å². The van der Waals surface area contributed by atoms with E-state index in [9.17, 15) is 9.18 Å². The Labute approximate surface area is 180 Å². The number of aromatic nitrogens is 2. The van der Waals surface area contributed by atoms with Crippen molar-refractivity contribution in [2.75, 3.05) is 18.5 Å². The molecule has 0 saturated carbocycles. The molecule has 6 nitrogen and oxygen atoms in total. The Morgan fingerprint density at radius 3 is 2.61 bits per heavy atom. The number of hydrogen-bond acceptors (Lipinski definition) is 4. The molecule has 160 valence electrons. The van der Waals surface area contributed by atoms with E-state index < -0.39 is 0 Å². The van der Waals surface area contributed by atoms with Crippen molar-refractivity contribution in [1.29, 1.82) is 0 Å². The van der Waals surface area contributed by atoms with Gasteiger partial charge < -0.3 is 19.5 Å². The van der Waals surface area contributed by atoms with E-state index >= 15 is 0 Å². The number of benzene rings is 2. The van der Waals surface area contributed by atoms with Crippen molar-refractivity contribution in [2.45, 2.75) is 39.0 Å². The first kappa shape index (κ1) is 19.8. The van der Waals surface area contributed by atoms with Crippen molar-refractivity contribution in [2.24, 2.45) is 0 Å². The lowest BCUT2D eigenvalue weighted by molar-refractivity contribution is -0.142. The Morgan fingerprint density at radius 1 is 1.13 bits per heavy atom. The summed E-state index contributed by atoms with van der Waals surface area (Å²) in [6.07, 6.45) is 1.38. The van der Waals surface area contributed by atoms with Crippen LogP contribution in [0.5, 0.6) is 0 Å². The molecule has 1 amide bonds. The average Bonchev–Trinajstić information content (AvgIpc) is 3.44. The first-order valence-corrected chi connectivity index (χ1v) is 10.7. The fraction of sp³-hybridized carbons (Fsp3) is 0.333. The lowest BCUT2D eigenvalue weighted by atomic mass is 10.1. The molecule has 2 aliphatic rings. The minimum Gasteiger partial charge on any atom is -0.368 e. The lowest BCUT2D eigenvalue weighted by Crippen LogP contribution is -2.43. The Bertz CT molecular complexity index is 1090. The maximum absolute atomic E-state index is 13.5. The quantitative estimate of drug-likeness (QED) is 0.685. The maximum Gasteiger partial charge on any atom is 0.252 e. The Morgan fingerprint density at radius 2 is 1.90 bits per heavy atom. The van der Waals surface area contributed by atoms with Crippen LogP contribution in [-0.2, 0) is 22.6 Å². The summed E-state index contributed by atoms with van der Waals surface area (Å²) in [6.45, 7) is 4.37. The second-order valence-corrected chi connectivity index (χ2v) is 8.14. The van der Waals surface area contributed by atoms with E-state index in [1.165, 1.54) is 17.7 Å². The molecule has 0 aliphatic carbocycles. The number of imidazole rings is 1. The molecule has 5 rings (SSSR count). The molecule has 2 aromatic carbocycles. The summed E-state index contributed by atoms with van der Waals surface area (Å²) in [5.41, 5.74) is 3.72. The van der Waals surface area contributed by atoms with Crippen molar-refractivity contribution in [3.05, 3.63) is 65.7 Å². The van der Waals surface area contributed by atoms with Gasteiger partial charge in [0.2, 0.25) is 0 Å². The lowest BCUT2D eigenvalue weighted by Gasteiger charge is -2.30. The van der Waals surface area contributed by atoms with Gasteiger partial charge in [0.1, 0.15) is 29.3 Å². The molecule has 0 bridgehead atoms. The molecule has 1 aromatic heterocycles. The average molecular weight is 420 g/mol. The number of hydrogen-bond donors (Lipinski definition) is 1. The van der Waals surface area contributed by atoms with E-state index in [0.29, 0.717) is 26.2 Å². The number of nitrogens with zero attached hydrogens (tertiary/aromatic N) is 3. The summed E-state index contributed by atoms with van der Waals surface area (Å²) >= 11 is 0.